The zero-order valence-electron chi connectivity index (χ0n) is 16.1. The minimum absolute atomic E-state index is 0.123. The summed E-state index contributed by atoms with van der Waals surface area (Å²) >= 11 is 1.48. The second kappa shape index (κ2) is 9.00. The van der Waals surface area contributed by atoms with Gasteiger partial charge in [0.05, 0.1) is 5.25 Å². The number of Topliss-reactive ketones (excluding diaryl/α,β-unsaturated/α-hetero) is 1. The van der Waals surface area contributed by atoms with Crippen LogP contribution in [0.1, 0.15) is 48.1 Å². The van der Waals surface area contributed by atoms with E-state index in [4.69, 9.17) is 0 Å². The number of ketones is 1. The van der Waals surface area contributed by atoms with Crippen LogP contribution in [0.15, 0.2) is 59.8 Å². The minimum Gasteiger partial charge on any atom is -0.306 e. The van der Waals surface area contributed by atoms with Gasteiger partial charge in [-0.15, -0.1) is 10.2 Å². The number of carbonyl (C=O) groups is 1. The van der Waals surface area contributed by atoms with E-state index in [2.05, 4.69) is 40.7 Å². The van der Waals surface area contributed by atoms with Crippen LogP contribution >= 0.6 is 11.8 Å². The maximum absolute atomic E-state index is 12.8. The lowest BCUT2D eigenvalue weighted by Gasteiger charge is -2.12. The molecule has 2 aromatic carbocycles. The van der Waals surface area contributed by atoms with Crippen molar-refractivity contribution < 1.29 is 4.79 Å². The van der Waals surface area contributed by atoms with Crippen molar-refractivity contribution in [3.05, 3.63) is 77.1 Å². The average molecular weight is 380 g/mol. The van der Waals surface area contributed by atoms with Crippen LogP contribution in [-0.4, -0.2) is 25.8 Å². The molecule has 0 fully saturated rings. The first-order valence-electron chi connectivity index (χ1n) is 9.38. The summed E-state index contributed by atoms with van der Waals surface area (Å²) in [6.07, 6.45) is 1.71. The quantitative estimate of drug-likeness (QED) is 0.416. The standard InChI is InChI=1S/C22H25N3OS/c1-4-17-11-13-19(14-12-17)21(26)16(3)27-22-24-23-20(25(22)5-2)15-18-9-7-6-8-10-18/h6-14,16H,4-5,15H2,1-3H3. The number of benzene rings is 2. The summed E-state index contributed by atoms with van der Waals surface area (Å²) in [5.41, 5.74) is 3.19. The van der Waals surface area contributed by atoms with Crippen molar-refractivity contribution in [2.75, 3.05) is 0 Å². The number of aryl methyl sites for hydroxylation is 1. The third-order valence-corrected chi connectivity index (χ3v) is 5.69. The molecule has 0 saturated carbocycles. The number of carbonyl (C=O) groups excluding carboxylic acids is 1. The van der Waals surface area contributed by atoms with Gasteiger partial charge < -0.3 is 4.57 Å². The van der Waals surface area contributed by atoms with Crippen LogP contribution in [0.5, 0.6) is 0 Å². The number of hydrogen-bond acceptors (Lipinski definition) is 4. The molecule has 0 saturated heterocycles. The van der Waals surface area contributed by atoms with Crippen LogP contribution in [0.3, 0.4) is 0 Å². The Morgan fingerprint density at radius 1 is 1.00 bits per heavy atom. The zero-order chi connectivity index (χ0) is 19.2. The van der Waals surface area contributed by atoms with Gasteiger partial charge in [-0.1, -0.05) is 73.3 Å². The Morgan fingerprint density at radius 2 is 1.70 bits per heavy atom. The van der Waals surface area contributed by atoms with Crippen LogP contribution < -0.4 is 0 Å². The normalized spacial score (nSPS) is 12.1. The van der Waals surface area contributed by atoms with E-state index in [0.717, 1.165) is 35.9 Å². The predicted molar refractivity (Wildman–Crippen MR) is 110 cm³/mol. The van der Waals surface area contributed by atoms with Crippen molar-refractivity contribution in [2.45, 2.75) is 50.6 Å². The topological polar surface area (TPSA) is 47.8 Å². The summed E-state index contributed by atoms with van der Waals surface area (Å²) in [5, 5.41) is 9.31. The highest BCUT2D eigenvalue weighted by Gasteiger charge is 2.21. The highest BCUT2D eigenvalue weighted by atomic mass is 32.2. The molecule has 0 amide bonds. The minimum atomic E-state index is -0.212. The van der Waals surface area contributed by atoms with E-state index < -0.39 is 0 Å². The first-order chi connectivity index (χ1) is 13.1. The van der Waals surface area contributed by atoms with Gasteiger partial charge in [0.1, 0.15) is 5.82 Å². The Kier molecular flexibility index (Phi) is 6.45. The smallest absolute Gasteiger partial charge is 0.191 e. The molecule has 0 aliphatic rings. The first kappa shape index (κ1) is 19.4. The zero-order valence-corrected chi connectivity index (χ0v) is 16.9. The Balaban J connectivity index is 1.73. The maximum Gasteiger partial charge on any atom is 0.191 e. The molecule has 0 aliphatic carbocycles. The molecule has 3 rings (SSSR count). The average Bonchev–Trinajstić information content (AvgIpc) is 3.09. The van der Waals surface area contributed by atoms with Gasteiger partial charge >= 0.3 is 0 Å². The van der Waals surface area contributed by atoms with Crippen molar-refractivity contribution in [1.82, 2.24) is 14.8 Å². The molecule has 5 heteroatoms. The van der Waals surface area contributed by atoms with Gasteiger partial charge in [-0.2, -0.15) is 0 Å². The van der Waals surface area contributed by atoms with Gasteiger partial charge in [0.15, 0.2) is 10.9 Å². The molecule has 0 aliphatic heterocycles. The molecule has 1 aromatic heterocycles. The molecule has 0 N–H and O–H groups in total. The monoisotopic (exact) mass is 379 g/mol. The van der Waals surface area contributed by atoms with Crippen molar-refractivity contribution in [3.8, 4) is 0 Å². The summed E-state index contributed by atoms with van der Waals surface area (Å²) in [7, 11) is 0. The molecule has 1 unspecified atom stereocenters. The van der Waals surface area contributed by atoms with E-state index >= 15 is 0 Å². The van der Waals surface area contributed by atoms with Crippen molar-refractivity contribution in [3.63, 3.8) is 0 Å². The highest BCUT2D eigenvalue weighted by molar-refractivity contribution is 8.00. The second-order valence-corrected chi connectivity index (χ2v) is 7.79. The Bertz CT molecular complexity index is 888. The fraction of sp³-hybridized carbons (Fsp3) is 0.318. The largest absolute Gasteiger partial charge is 0.306 e. The van der Waals surface area contributed by atoms with Gasteiger partial charge in [-0.25, -0.2) is 0 Å². The molecule has 1 atom stereocenters. The Morgan fingerprint density at radius 3 is 2.33 bits per heavy atom. The molecule has 140 valence electrons. The van der Waals surface area contributed by atoms with Crippen LogP contribution in [0.2, 0.25) is 0 Å². The summed E-state index contributed by atoms with van der Waals surface area (Å²) in [5.74, 6) is 1.05. The summed E-state index contributed by atoms with van der Waals surface area (Å²) < 4.78 is 2.10. The van der Waals surface area contributed by atoms with Crippen molar-refractivity contribution in [2.24, 2.45) is 0 Å². The maximum atomic E-state index is 12.8. The van der Waals surface area contributed by atoms with Crippen molar-refractivity contribution in [1.29, 1.82) is 0 Å². The highest BCUT2D eigenvalue weighted by Crippen LogP contribution is 2.26. The fourth-order valence-electron chi connectivity index (χ4n) is 2.98. The van der Waals surface area contributed by atoms with Gasteiger partial charge in [0, 0.05) is 18.5 Å². The molecule has 4 nitrogen and oxygen atoms in total. The molecular formula is C22H25N3OS. The summed E-state index contributed by atoms with van der Waals surface area (Å²) in [6.45, 7) is 6.91. The lowest BCUT2D eigenvalue weighted by molar-refractivity contribution is 0.0994. The van der Waals surface area contributed by atoms with Gasteiger partial charge in [0.2, 0.25) is 0 Å². The summed E-state index contributed by atoms with van der Waals surface area (Å²) in [4.78, 5) is 12.8. The van der Waals surface area contributed by atoms with Crippen LogP contribution in [0, 0.1) is 0 Å². The third-order valence-electron chi connectivity index (χ3n) is 4.61. The molecule has 3 aromatic rings. The summed E-state index contributed by atoms with van der Waals surface area (Å²) in [6, 6.07) is 18.1. The lowest BCUT2D eigenvalue weighted by Crippen LogP contribution is -2.15. The Labute approximate surface area is 165 Å². The fourth-order valence-corrected chi connectivity index (χ4v) is 3.99. The second-order valence-electron chi connectivity index (χ2n) is 6.48. The van der Waals surface area contributed by atoms with E-state index in [1.807, 2.05) is 49.4 Å². The number of nitrogens with zero attached hydrogens (tertiary/aromatic N) is 3. The molecular weight excluding hydrogens is 354 g/mol. The molecule has 27 heavy (non-hydrogen) atoms. The predicted octanol–water partition coefficient (Wildman–Crippen LogP) is 4.81. The molecule has 0 bridgehead atoms. The van der Waals surface area contributed by atoms with Crippen molar-refractivity contribution >= 4 is 17.5 Å². The van der Waals surface area contributed by atoms with Crippen LogP contribution in [-0.2, 0) is 19.4 Å². The number of hydrogen-bond donors (Lipinski definition) is 0. The van der Waals surface area contributed by atoms with Gasteiger partial charge in [-0.3, -0.25) is 4.79 Å². The molecule has 0 radical (unpaired) electrons. The van der Waals surface area contributed by atoms with E-state index in [9.17, 15) is 4.79 Å². The van der Waals surface area contributed by atoms with E-state index in [1.54, 1.807) is 0 Å². The first-order valence-corrected chi connectivity index (χ1v) is 10.3. The van der Waals surface area contributed by atoms with Crippen LogP contribution in [0.4, 0.5) is 0 Å². The molecule has 1 heterocycles. The third kappa shape index (κ3) is 4.66. The van der Waals surface area contributed by atoms with Gasteiger partial charge in [0.25, 0.3) is 0 Å². The van der Waals surface area contributed by atoms with E-state index in [0.29, 0.717) is 0 Å². The van der Waals surface area contributed by atoms with E-state index in [-0.39, 0.29) is 11.0 Å². The van der Waals surface area contributed by atoms with Gasteiger partial charge in [-0.05, 0) is 31.4 Å². The lowest BCUT2D eigenvalue weighted by atomic mass is 10.1. The Hall–Kier alpha value is -2.40. The number of rotatable bonds is 8. The SMILES string of the molecule is CCc1ccc(C(=O)C(C)Sc2nnc(Cc3ccccc3)n2CC)cc1. The number of thioether (sulfide) groups is 1. The van der Waals surface area contributed by atoms with Crippen LogP contribution in [0.25, 0.3) is 0 Å². The van der Waals surface area contributed by atoms with E-state index in [1.165, 1.54) is 22.9 Å². The molecule has 0 spiro atoms. The number of aromatic nitrogens is 3.